The molecule has 160 valence electrons. The lowest BCUT2D eigenvalue weighted by atomic mass is 10.1. The van der Waals surface area contributed by atoms with Crippen molar-refractivity contribution in [3.63, 3.8) is 0 Å². The number of rotatable bonds is 7. The second-order valence-corrected chi connectivity index (χ2v) is 7.20. The predicted octanol–water partition coefficient (Wildman–Crippen LogP) is 5.21. The number of nitrogens with one attached hydrogen (secondary N) is 2. The predicted molar refractivity (Wildman–Crippen MR) is 121 cm³/mol. The van der Waals surface area contributed by atoms with E-state index in [0.717, 1.165) is 11.1 Å². The molecule has 0 aliphatic heterocycles. The number of ether oxygens (including phenoxy) is 1. The molecule has 0 atom stereocenters. The average molecular weight is 449 g/mol. The normalized spacial score (nSPS) is 10.9. The number of nitrogens with zero attached hydrogens (tertiary/aromatic N) is 2. The zero-order valence-corrected chi connectivity index (χ0v) is 17.5. The van der Waals surface area contributed by atoms with Gasteiger partial charge in [0.1, 0.15) is 23.9 Å². The molecule has 8 heteroatoms. The molecule has 0 radical (unpaired) electrons. The van der Waals surface area contributed by atoms with E-state index in [1.807, 2.05) is 48.5 Å². The molecule has 0 bridgehead atoms. The summed E-state index contributed by atoms with van der Waals surface area (Å²) in [5.41, 5.74) is 5.44. The van der Waals surface area contributed by atoms with Crippen LogP contribution in [0.4, 0.5) is 4.39 Å². The van der Waals surface area contributed by atoms with E-state index in [1.54, 1.807) is 18.2 Å². The van der Waals surface area contributed by atoms with Gasteiger partial charge < -0.3 is 4.74 Å². The average Bonchev–Trinajstić information content (AvgIpc) is 3.30. The fraction of sp³-hybridized carbons (Fsp3) is 0.0417. The van der Waals surface area contributed by atoms with Gasteiger partial charge in [0.25, 0.3) is 5.91 Å². The van der Waals surface area contributed by atoms with Crippen LogP contribution in [0.25, 0.3) is 11.3 Å². The number of carbonyl (C=O) groups is 1. The van der Waals surface area contributed by atoms with Gasteiger partial charge in [-0.25, -0.2) is 9.82 Å². The van der Waals surface area contributed by atoms with Crippen LogP contribution in [0.15, 0.2) is 84.0 Å². The highest BCUT2D eigenvalue weighted by Crippen LogP contribution is 2.30. The smallest absolute Gasteiger partial charge is 0.289 e. The van der Waals surface area contributed by atoms with Crippen molar-refractivity contribution in [3.8, 4) is 17.0 Å². The molecule has 2 N–H and O–H groups in total. The van der Waals surface area contributed by atoms with E-state index >= 15 is 0 Å². The fourth-order valence-corrected chi connectivity index (χ4v) is 3.12. The Balaban J connectivity index is 1.44. The quantitative estimate of drug-likeness (QED) is 0.301. The van der Waals surface area contributed by atoms with Crippen LogP contribution in [0.1, 0.15) is 21.6 Å². The molecule has 4 rings (SSSR count). The van der Waals surface area contributed by atoms with Crippen LogP contribution in [0.2, 0.25) is 5.02 Å². The third-order valence-electron chi connectivity index (χ3n) is 4.58. The molecule has 6 nitrogen and oxygen atoms in total. The highest BCUT2D eigenvalue weighted by atomic mass is 35.5. The van der Waals surface area contributed by atoms with E-state index < -0.39 is 5.91 Å². The molecule has 4 aromatic rings. The largest absolute Gasteiger partial charge is 0.488 e. The molecule has 1 aromatic heterocycles. The SMILES string of the molecule is O=C(N/N=C\c1ccc(F)cc1)c1cc(-c2ccccc2OCc2ccccc2Cl)n[nH]1. The zero-order valence-electron chi connectivity index (χ0n) is 16.8. The standard InChI is InChI=1S/C24H18ClFN4O2/c25-20-7-3-1-5-17(20)15-32-23-8-4-2-6-19(23)21-13-22(29-28-21)24(31)30-27-14-16-9-11-18(26)12-10-16/h1-14H,15H2,(H,28,29)(H,30,31)/b27-14-. The second kappa shape index (κ2) is 9.89. The van der Waals surface area contributed by atoms with Crippen molar-refractivity contribution < 1.29 is 13.9 Å². The van der Waals surface area contributed by atoms with Gasteiger partial charge in [0.2, 0.25) is 0 Å². The van der Waals surface area contributed by atoms with Crippen LogP contribution in [-0.2, 0) is 6.61 Å². The van der Waals surface area contributed by atoms with Crippen LogP contribution in [0.3, 0.4) is 0 Å². The molecule has 1 heterocycles. The van der Waals surface area contributed by atoms with Crippen LogP contribution < -0.4 is 10.2 Å². The third kappa shape index (κ3) is 5.19. The lowest BCUT2D eigenvalue weighted by Crippen LogP contribution is -2.17. The molecule has 0 spiro atoms. The number of H-pyrrole nitrogens is 1. The van der Waals surface area contributed by atoms with Gasteiger partial charge in [0.05, 0.1) is 11.9 Å². The Kier molecular flexibility index (Phi) is 6.57. The first kappa shape index (κ1) is 21.3. The highest BCUT2D eigenvalue weighted by Gasteiger charge is 2.14. The van der Waals surface area contributed by atoms with Crippen LogP contribution in [0.5, 0.6) is 5.75 Å². The molecule has 0 fully saturated rings. The molecule has 0 aliphatic rings. The van der Waals surface area contributed by atoms with Gasteiger partial charge in [0, 0.05) is 16.1 Å². The van der Waals surface area contributed by atoms with E-state index in [1.165, 1.54) is 18.3 Å². The van der Waals surface area contributed by atoms with Crippen molar-refractivity contribution in [2.24, 2.45) is 5.10 Å². The number of aromatic amines is 1. The molecule has 32 heavy (non-hydrogen) atoms. The van der Waals surface area contributed by atoms with Gasteiger partial charge in [-0.1, -0.05) is 54.1 Å². The van der Waals surface area contributed by atoms with Crippen molar-refractivity contribution in [2.75, 3.05) is 0 Å². The van der Waals surface area contributed by atoms with E-state index in [2.05, 4.69) is 20.7 Å². The van der Waals surface area contributed by atoms with Gasteiger partial charge in [-0.2, -0.15) is 10.2 Å². The van der Waals surface area contributed by atoms with Crippen molar-refractivity contribution in [3.05, 3.63) is 107 Å². The number of halogens is 2. The summed E-state index contributed by atoms with van der Waals surface area (Å²) < 4.78 is 18.9. The monoisotopic (exact) mass is 448 g/mol. The molecule has 3 aromatic carbocycles. The number of aromatic nitrogens is 2. The molecule has 0 saturated carbocycles. The first-order valence-corrected chi connectivity index (χ1v) is 10.1. The maximum absolute atomic E-state index is 12.9. The van der Waals surface area contributed by atoms with Gasteiger partial charge in [-0.15, -0.1) is 0 Å². The summed E-state index contributed by atoms with van der Waals surface area (Å²) in [7, 11) is 0. The number of hydrazone groups is 1. The first-order valence-electron chi connectivity index (χ1n) is 9.70. The minimum atomic E-state index is -0.462. The summed E-state index contributed by atoms with van der Waals surface area (Å²) >= 11 is 6.20. The summed E-state index contributed by atoms with van der Waals surface area (Å²) in [4.78, 5) is 12.4. The van der Waals surface area contributed by atoms with Gasteiger partial charge in [-0.3, -0.25) is 9.89 Å². The van der Waals surface area contributed by atoms with Crippen molar-refractivity contribution in [1.29, 1.82) is 0 Å². The third-order valence-corrected chi connectivity index (χ3v) is 4.94. The Labute approximate surface area is 188 Å². The van der Waals surface area contributed by atoms with Gasteiger partial charge in [0.15, 0.2) is 0 Å². The Morgan fingerprint density at radius 2 is 1.84 bits per heavy atom. The summed E-state index contributed by atoms with van der Waals surface area (Å²) in [6.07, 6.45) is 1.42. The molecular formula is C24H18ClFN4O2. The van der Waals surface area contributed by atoms with Crippen molar-refractivity contribution >= 4 is 23.7 Å². The Morgan fingerprint density at radius 3 is 2.66 bits per heavy atom. The number of benzene rings is 3. The van der Waals surface area contributed by atoms with Crippen molar-refractivity contribution in [1.82, 2.24) is 15.6 Å². The number of amides is 1. The number of carbonyl (C=O) groups excluding carboxylic acids is 1. The molecule has 0 unspecified atom stereocenters. The molecule has 0 saturated heterocycles. The zero-order chi connectivity index (χ0) is 22.3. The minimum Gasteiger partial charge on any atom is -0.488 e. The Bertz CT molecular complexity index is 1250. The summed E-state index contributed by atoms with van der Waals surface area (Å²) in [5.74, 6) is -0.191. The summed E-state index contributed by atoms with van der Waals surface area (Å²) in [6.45, 7) is 0.298. The van der Waals surface area contributed by atoms with E-state index in [4.69, 9.17) is 16.3 Å². The molecule has 0 aliphatic carbocycles. The summed E-state index contributed by atoms with van der Waals surface area (Å²) in [5, 5.41) is 11.5. The maximum Gasteiger partial charge on any atom is 0.289 e. The number of hydrogen-bond donors (Lipinski definition) is 2. The van der Waals surface area contributed by atoms with Gasteiger partial charge >= 0.3 is 0 Å². The van der Waals surface area contributed by atoms with E-state index in [-0.39, 0.29) is 11.5 Å². The van der Waals surface area contributed by atoms with Gasteiger partial charge in [-0.05, 0) is 42.0 Å². The topological polar surface area (TPSA) is 79.4 Å². The second-order valence-electron chi connectivity index (χ2n) is 6.79. The highest BCUT2D eigenvalue weighted by molar-refractivity contribution is 6.31. The first-order chi connectivity index (χ1) is 15.6. The van der Waals surface area contributed by atoms with Crippen molar-refractivity contribution in [2.45, 2.75) is 6.61 Å². The van der Waals surface area contributed by atoms with E-state index in [9.17, 15) is 9.18 Å². The van der Waals surface area contributed by atoms with Crippen LogP contribution >= 0.6 is 11.6 Å². The number of hydrogen-bond acceptors (Lipinski definition) is 4. The van der Waals surface area contributed by atoms with Crippen LogP contribution in [-0.4, -0.2) is 22.3 Å². The minimum absolute atomic E-state index is 0.233. The molecule has 1 amide bonds. The Hall–Kier alpha value is -3.97. The van der Waals surface area contributed by atoms with E-state index in [0.29, 0.717) is 28.6 Å². The molecular weight excluding hydrogens is 431 g/mol. The lowest BCUT2D eigenvalue weighted by Gasteiger charge is -2.11. The maximum atomic E-state index is 12.9. The summed E-state index contributed by atoms with van der Waals surface area (Å²) in [6, 6.07) is 22.2. The van der Waals surface area contributed by atoms with Crippen LogP contribution in [0, 0.1) is 5.82 Å². The lowest BCUT2D eigenvalue weighted by molar-refractivity contribution is 0.0950. The fourth-order valence-electron chi connectivity index (χ4n) is 2.93. The number of para-hydroxylation sites is 1. The Morgan fingerprint density at radius 1 is 1.09 bits per heavy atom.